The van der Waals surface area contributed by atoms with Crippen LogP contribution in [0.1, 0.15) is 50.2 Å². The average molecular weight is 293 g/mol. The molecule has 0 radical (unpaired) electrons. The fourth-order valence-corrected chi connectivity index (χ4v) is 3.98. The van der Waals surface area contributed by atoms with Gasteiger partial charge in [-0.1, -0.05) is 31.4 Å². The van der Waals surface area contributed by atoms with Gasteiger partial charge in [0.15, 0.2) is 0 Å². The molecule has 108 valence electrons. The zero-order chi connectivity index (χ0) is 14.2. The quantitative estimate of drug-likeness (QED) is 0.824. The van der Waals surface area contributed by atoms with Crippen molar-refractivity contribution < 1.29 is 9.53 Å². The molecule has 1 aromatic carbocycles. The molecule has 0 bridgehead atoms. The first-order valence-electron chi connectivity index (χ1n) is 7.62. The van der Waals surface area contributed by atoms with Gasteiger partial charge in [-0.3, -0.25) is 4.79 Å². The number of hydrogen-bond acceptors (Lipinski definition) is 2. The fourth-order valence-electron chi connectivity index (χ4n) is 3.72. The predicted molar refractivity (Wildman–Crippen MR) is 80.6 cm³/mol. The van der Waals surface area contributed by atoms with Crippen molar-refractivity contribution in [3.05, 3.63) is 28.3 Å². The first-order valence-corrected chi connectivity index (χ1v) is 8.00. The normalized spacial score (nSPS) is 19.7. The van der Waals surface area contributed by atoms with Gasteiger partial charge in [-0.05, 0) is 37.0 Å². The highest BCUT2D eigenvalue weighted by Crippen LogP contribution is 2.43. The van der Waals surface area contributed by atoms with E-state index in [0.29, 0.717) is 23.8 Å². The van der Waals surface area contributed by atoms with E-state index in [4.69, 9.17) is 16.3 Å². The highest BCUT2D eigenvalue weighted by atomic mass is 35.5. The summed E-state index contributed by atoms with van der Waals surface area (Å²) in [6.45, 7) is 2.85. The predicted octanol–water partition coefficient (Wildman–Crippen LogP) is 4.36. The second kappa shape index (κ2) is 5.40. The van der Waals surface area contributed by atoms with Crippen LogP contribution in [0.2, 0.25) is 5.02 Å². The number of hydrogen-bond donors (Lipinski definition) is 0. The molecular weight excluding hydrogens is 272 g/mol. The van der Waals surface area contributed by atoms with Crippen LogP contribution in [0.3, 0.4) is 0 Å². The summed E-state index contributed by atoms with van der Waals surface area (Å²) in [5.41, 5.74) is 2.04. The van der Waals surface area contributed by atoms with E-state index in [2.05, 4.69) is 6.92 Å². The van der Waals surface area contributed by atoms with E-state index >= 15 is 0 Å². The van der Waals surface area contributed by atoms with Crippen LogP contribution in [0.15, 0.2) is 12.1 Å². The highest BCUT2D eigenvalue weighted by Gasteiger charge is 2.39. The molecule has 0 spiro atoms. The lowest BCUT2D eigenvalue weighted by atomic mass is 9.77. The molecule has 2 aliphatic rings. The minimum Gasteiger partial charge on any atom is -0.493 e. The number of benzene rings is 1. The Labute approximate surface area is 125 Å². The maximum absolute atomic E-state index is 12.8. The molecular formula is C17H21ClO2. The minimum atomic E-state index is -0.0895. The van der Waals surface area contributed by atoms with E-state index in [1.54, 1.807) is 0 Å². The number of ketones is 1. The number of rotatable bonds is 4. The first kappa shape index (κ1) is 13.9. The van der Waals surface area contributed by atoms with Crippen molar-refractivity contribution in [3.63, 3.8) is 0 Å². The van der Waals surface area contributed by atoms with Gasteiger partial charge in [-0.15, -0.1) is 0 Å². The summed E-state index contributed by atoms with van der Waals surface area (Å²) in [5.74, 6) is 1.28. The summed E-state index contributed by atoms with van der Waals surface area (Å²) in [6.07, 6.45) is 6.79. The Morgan fingerprint density at radius 1 is 1.35 bits per heavy atom. The molecule has 0 amide bonds. The van der Waals surface area contributed by atoms with Gasteiger partial charge < -0.3 is 4.74 Å². The summed E-state index contributed by atoms with van der Waals surface area (Å²) in [6, 6.07) is 3.87. The molecule has 0 N–H and O–H groups in total. The number of carbonyl (C=O) groups excluding carboxylic acids is 1. The third kappa shape index (κ3) is 2.35. The molecule has 0 saturated heterocycles. The van der Waals surface area contributed by atoms with Gasteiger partial charge in [0.25, 0.3) is 0 Å². The van der Waals surface area contributed by atoms with Crippen molar-refractivity contribution in [2.45, 2.75) is 51.9 Å². The third-order valence-electron chi connectivity index (χ3n) is 5.01. The lowest BCUT2D eigenvalue weighted by molar-refractivity contribution is -0.128. The number of fused-ring (bicyclic) bond motifs is 1. The maximum atomic E-state index is 12.8. The van der Waals surface area contributed by atoms with E-state index in [1.807, 2.05) is 12.1 Å². The zero-order valence-corrected chi connectivity index (χ0v) is 12.8. The Balaban J connectivity index is 1.86. The summed E-state index contributed by atoms with van der Waals surface area (Å²) in [5, 5.41) is 0.717. The second-order valence-corrected chi connectivity index (χ2v) is 6.53. The fraction of sp³-hybridized carbons (Fsp3) is 0.588. The Kier molecular flexibility index (Phi) is 3.76. The Morgan fingerprint density at radius 2 is 2.10 bits per heavy atom. The molecule has 2 nitrogen and oxygen atoms in total. The van der Waals surface area contributed by atoms with Gasteiger partial charge in [0.1, 0.15) is 11.5 Å². The monoisotopic (exact) mass is 292 g/mol. The number of Topliss-reactive ketones (excluding diaryl/α,β-unsaturated/α-hetero) is 1. The molecule has 1 fully saturated rings. The molecule has 3 rings (SSSR count). The third-order valence-corrected chi connectivity index (χ3v) is 5.22. The molecule has 1 heterocycles. The van der Waals surface area contributed by atoms with Crippen LogP contribution in [0.25, 0.3) is 0 Å². The maximum Gasteiger partial charge on any atom is 0.143 e. The van der Waals surface area contributed by atoms with Gasteiger partial charge >= 0.3 is 0 Å². The smallest absolute Gasteiger partial charge is 0.143 e. The Bertz CT molecular complexity index is 530. The lowest BCUT2D eigenvalue weighted by Crippen LogP contribution is -2.29. The van der Waals surface area contributed by atoms with Crippen molar-refractivity contribution >= 4 is 17.4 Å². The standard InChI is InChI=1S/C17H21ClO2/c1-2-17(6-3-4-7-17)15(19)11-13-10-14(18)9-12-5-8-20-16(12)13/h9-10H,2-8,11H2,1H3. The van der Waals surface area contributed by atoms with Gasteiger partial charge in [0.05, 0.1) is 6.61 Å². The van der Waals surface area contributed by atoms with Crippen molar-refractivity contribution in [1.82, 2.24) is 0 Å². The molecule has 1 saturated carbocycles. The first-order chi connectivity index (χ1) is 9.64. The van der Waals surface area contributed by atoms with Crippen molar-refractivity contribution in [1.29, 1.82) is 0 Å². The summed E-state index contributed by atoms with van der Waals surface area (Å²) < 4.78 is 5.70. The SMILES string of the molecule is CCC1(C(=O)Cc2cc(Cl)cc3c2OCC3)CCCC1. The molecule has 0 unspecified atom stereocenters. The summed E-state index contributed by atoms with van der Waals surface area (Å²) >= 11 is 6.17. The Morgan fingerprint density at radius 3 is 2.80 bits per heavy atom. The van der Waals surface area contributed by atoms with E-state index in [-0.39, 0.29) is 5.41 Å². The topological polar surface area (TPSA) is 26.3 Å². The van der Waals surface area contributed by atoms with Crippen LogP contribution in [-0.2, 0) is 17.6 Å². The molecule has 1 aromatic rings. The lowest BCUT2D eigenvalue weighted by Gasteiger charge is -2.26. The van der Waals surface area contributed by atoms with Gasteiger partial charge in [0.2, 0.25) is 0 Å². The molecule has 0 aromatic heterocycles. The van der Waals surface area contributed by atoms with Gasteiger partial charge in [-0.2, -0.15) is 0 Å². The summed E-state index contributed by atoms with van der Waals surface area (Å²) in [4.78, 5) is 12.8. The molecule has 3 heteroatoms. The van der Waals surface area contributed by atoms with E-state index < -0.39 is 0 Å². The van der Waals surface area contributed by atoms with Crippen LogP contribution in [0.5, 0.6) is 5.75 Å². The van der Waals surface area contributed by atoms with E-state index in [9.17, 15) is 4.79 Å². The van der Waals surface area contributed by atoms with Crippen LogP contribution in [-0.4, -0.2) is 12.4 Å². The van der Waals surface area contributed by atoms with Gasteiger partial charge in [0, 0.05) is 28.8 Å². The van der Waals surface area contributed by atoms with E-state index in [1.165, 1.54) is 12.8 Å². The second-order valence-electron chi connectivity index (χ2n) is 6.09. The van der Waals surface area contributed by atoms with Crippen molar-refractivity contribution in [2.75, 3.05) is 6.61 Å². The number of ether oxygens (including phenoxy) is 1. The van der Waals surface area contributed by atoms with Crippen molar-refractivity contribution in [3.8, 4) is 5.75 Å². The molecule has 0 atom stereocenters. The van der Waals surface area contributed by atoms with Crippen LogP contribution >= 0.6 is 11.6 Å². The Hall–Kier alpha value is -1.02. The van der Waals surface area contributed by atoms with Crippen molar-refractivity contribution in [2.24, 2.45) is 5.41 Å². The van der Waals surface area contributed by atoms with E-state index in [0.717, 1.165) is 42.6 Å². The number of halogens is 1. The minimum absolute atomic E-state index is 0.0895. The largest absolute Gasteiger partial charge is 0.493 e. The van der Waals surface area contributed by atoms with Crippen LogP contribution < -0.4 is 4.74 Å². The molecule has 1 aliphatic carbocycles. The average Bonchev–Trinajstić information content (AvgIpc) is 3.07. The molecule has 1 aliphatic heterocycles. The highest BCUT2D eigenvalue weighted by molar-refractivity contribution is 6.30. The van der Waals surface area contributed by atoms with Gasteiger partial charge in [-0.25, -0.2) is 0 Å². The molecule has 20 heavy (non-hydrogen) atoms. The van der Waals surface area contributed by atoms with Crippen LogP contribution in [0.4, 0.5) is 0 Å². The zero-order valence-electron chi connectivity index (χ0n) is 12.0. The van der Waals surface area contributed by atoms with Crippen LogP contribution in [0, 0.1) is 5.41 Å². The summed E-state index contributed by atoms with van der Waals surface area (Å²) in [7, 11) is 0. The number of carbonyl (C=O) groups is 1.